The summed E-state index contributed by atoms with van der Waals surface area (Å²) in [4.78, 5) is 12.4. The van der Waals surface area contributed by atoms with Gasteiger partial charge < -0.3 is 5.32 Å². The lowest BCUT2D eigenvalue weighted by Gasteiger charge is -2.09. The number of nitrogens with zero attached hydrogens (tertiary/aromatic N) is 4. The van der Waals surface area contributed by atoms with Gasteiger partial charge in [0, 0.05) is 11.9 Å². The first kappa shape index (κ1) is 16.4. The van der Waals surface area contributed by atoms with Gasteiger partial charge in [0.2, 0.25) is 5.95 Å². The standard InChI is InChI=1S/C13H6BrCl3FN5/c14-7-4-19-13(21-6-1-2-9(18)8(15)3-6)22-12(7)23-5-20-10(16)11(23)17/h1-5H,(H,19,21,22). The topological polar surface area (TPSA) is 55.6 Å². The van der Waals surface area contributed by atoms with Gasteiger partial charge in [-0.3, -0.25) is 4.57 Å². The maximum atomic E-state index is 13.2. The van der Waals surface area contributed by atoms with E-state index < -0.39 is 5.82 Å². The quantitative estimate of drug-likeness (QED) is 0.607. The van der Waals surface area contributed by atoms with E-state index in [0.29, 0.717) is 16.0 Å². The number of imidazole rings is 1. The molecule has 0 amide bonds. The van der Waals surface area contributed by atoms with Gasteiger partial charge in [0.1, 0.15) is 12.1 Å². The molecule has 3 aromatic rings. The lowest BCUT2D eigenvalue weighted by atomic mass is 10.3. The maximum absolute atomic E-state index is 13.2. The van der Waals surface area contributed by atoms with E-state index in [9.17, 15) is 4.39 Å². The first-order valence-electron chi connectivity index (χ1n) is 6.09. The van der Waals surface area contributed by atoms with Crippen LogP contribution in [0, 0.1) is 5.82 Å². The molecule has 23 heavy (non-hydrogen) atoms. The number of halogens is 5. The number of hydrogen-bond donors (Lipinski definition) is 1. The third-order valence-corrected chi connectivity index (χ3v) is 4.38. The van der Waals surface area contributed by atoms with E-state index in [1.807, 2.05) is 0 Å². The highest BCUT2D eigenvalue weighted by atomic mass is 79.9. The normalized spacial score (nSPS) is 10.8. The molecule has 0 radical (unpaired) electrons. The number of anilines is 2. The minimum Gasteiger partial charge on any atom is -0.324 e. The van der Waals surface area contributed by atoms with Crippen molar-refractivity contribution in [3.63, 3.8) is 0 Å². The molecule has 0 atom stereocenters. The molecule has 118 valence electrons. The largest absolute Gasteiger partial charge is 0.324 e. The lowest BCUT2D eigenvalue weighted by molar-refractivity contribution is 0.628. The van der Waals surface area contributed by atoms with Crippen molar-refractivity contribution in [1.29, 1.82) is 0 Å². The van der Waals surface area contributed by atoms with Crippen LogP contribution in [-0.2, 0) is 0 Å². The van der Waals surface area contributed by atoms with Crippen molar-refractivity contribution in [2.75, 3.05) is 5.32 Å². The zero-order chi connectivity index (χ0) is 16.6. The molecule has 10 heteroatoms. The molecule has 0 spiro atoms. The Labute approximate surface area is 153 Å². The Balaban J connectivity index is 1.97. The number of aromatic nitrogens is 4. The van der Waals surface area contributed by atoms with E-state index in [1.165, 1.54) is 29.1 Å². The first-order valence-corrected chi connectivity index (χ1v) is 8.01. The molecule has 0 aliphatic rings. The third kappa shape index (κ3) is 3.42. The zero-order valence-corrected chi connectivity index (χ0v) is 14.9. The molecule has 0 aliphatic heterocycles. The summed E-state index contributed by atoms with van der Waals surface area (Å²) in [5.74, 6) is 0.210. The predicted octanol–water partition coefficient (Wildman–Crippen LogP) is 5.27. The first-order chi connectivity index (χ1) is 11.0. The van der Waals surface area contributed by atoms with E-state index in [1.54, 1.807) is 6.20 Å². The summed E-state index contributed by atoms with van der Waals surface area (Å²) in [5, 5.41) is 3.32. The second-order valence-electron chi connectivity index (χ2n) is 4.32. The van der Waals surface area contributed by atoms with E-state index >= 15 is 0 Å². The zero-order valence-electron chi connectivity index (χ0n) is 11.1. The average Bonchev–Trinajstić information content (AvgIpc) is 2.85. The van der Waals surface area contributed by atoms with Crippen molar-refractivity contribution in [2.45, 2.75) is 0 Å². The summed E-state index contributed by atoms with van der Waals surface area (Å²) in [7, 11) is 0. The molecule has 0 bridgehead atoms. The molecule has 1 N–H and O–H groups in total. The summed E-state index contributed by atoms with van der Waals surface area (Å²) < 4.78 is 15.3. The van der Waals surface area contributed by atoms with Gasteiger partial charge in [-0.25, -0.2) is 14.4 Å². The molecule has 0 unspecified atom stereocenters. The highest BCUT2D eigenvalue weighted by Crippen LogP contribution is 2.28. The molecule has 0 aliphatic carbocycles. The van der Waals surface area contributed by atoms with Crippen molar-refractivity contribution in [3.8, 4) is 5.82 Å². The van der Waals surface area contributed by atoms with Gasteiger partial charge in [0.25, 0.3) is 0 Å². The van der Waals surface area contributed by atoms with Crippen molar-refractivity contribution >= 4 is 62.4 Å². The van der Waals surface area contributed by atoms with Crippen LogP contribution in [-0.4, -0.2) is 19.5 Å². The molecular weight excluding hydrogens is 431 g/mol. The van der Waals surface area contributed by atoms with Crippen LogP contribution in [0.1, 0.15) is 0 Å². The molecule has 2 heterocycles. The second kappa shape index (κ2) is 6.60. The van der Waals surface area contributed by atoms with Gasteiger partial charge in [0.15, 0.2) is 16.1 Å². The van der Waals surface area contributed by atoms with Crippen molar-refractivity contribution in [1.82, 2.24) is 19.5 Å². The van der Waals surface area contributed by atoms with E-state index in [-0.39, 0.29) is 21.3 Å². The van der Waals surface area contributed by atoms with E-state index in [4.69, 9.17) is 34.8 Å². The maximum Gasteiger partial charge on any atom is 0.229 e. The van der Waals surface area contributed by atoms with Crippen LogP contribution in [0.25, 0.3) is 5.82 Å². The molecule has 2 aromatic heterocycles. The summed E-state index contributed by atoms with van der Waals surface area (Å²) in [6, 6.07) is 4.20. The summed E-state index contributed by atoms with van der Waals surface area (Å²) >= 11 is 21.0. The Bertz CT molecular complexity index is 886. The Morgan fingerprint density at radius 1 is 1.17 bits per heavy atom. The van der Waals surface area contributed by atoms with Gasteiger partial charge in [-0.05, 0) is 34.1 Å². The number of rotatable bonds is 3. The highest BCUT2D eigenvalue weighted by molar-refractivity contribution is 9.10. The lowest BCUT2D eigenvalue weighted by Crippen LogP contribution is -2.03. The second-order valence-corrected chi connectivity index (χ2v) is 6.29. The molecular formula is C13H6BrCl3FN5. The molecule has 3 rings (SSSR count). The molecule has 0 saturated carbocycles. The predicted molar refractivity (Wildman–Crippen MR) is 91.6 cm³/mol. The smallest absolute Gasteiger partial charge is 0.229 e. The van der Waals surface area contributed by atoms with Crippen molar-refractivity contribution in [2.24, 2.45) is 0 Å². The van der Waals surface area contributed by atoms with Crippen LogP contribution in [0.15, 0.2) is 35.2 Å². The molecule has 0 fully saturated rings. The van der Waals surface area contributed by atoms with Gasteiger partial charge in [-0.1, -0.05) is 34.8 Å². The van der Waals surface area contributed by atoms with Gasteiger partial charge >= 0.3 is 0 Å². The highest BCUT2D eigenvalue weighted by Gasteiger charge is 2.14. The fourth-order valence-electron chi connectivity index (χ4n) is 1.75. The summed E-state index contributed by atoms with van der Waals surface area (Å²) in [6.07, 6.45) is 2.98. The average molecular weight is 437 g/mol. The fraction of sp³-hybridized carbons (Fsp3) is 0. The minimum absolute atomic E-state index is 0.00299. The molecule has 0 saturated heterocycles. The van der Waals surface area contributed by atoms with Crippen molar-refractivity contribution in [3.05, 3.63) is 56.3 Å². The SMILES string of the molecule is Fc1ccc(Nc2ncc(Br)c(-n3cnc(Cl)c3Cl)n2)cc1Cl. The van der Waals surface area contributed by atoms with Crippen molar-refractivity contribution < 1.29 is 4.39 Å². The Kier molecular flexibility index (Phi) is 4.72. The summed E-state index contributed by atoms with van der Waals surface area (Å²) in [6.45, 7) is 0. The Morgan fingerprint density at radius 3 is 2.61 bits per heavy atom. The Hall–Kier alpha value is -1.41. The van der Waals surface area contributed by atoms with Crippen LogP contribution >= 0.6 is 50.7 Å². The van der Waals surface area contributed by atoms with E-state index in [2.05, 4.69) is 36.2 Å². The van der Waals surface area contributed by atoms with Crippen LogP contribution < -0.4 is 5.32 Å². The minimum atomic E-state index is -0.505. The van der Waals surface area contributed by atoms with Crippen LogP contribution in [0.5, 0.6) is 0 Å². The van der Waals surface area contributed by atoms with Gasteiger partial charge in [-0.2, -0.15) is 4.98 Å². The monoisotopic (exact) mass is 435 g/mol. The molecule has 5 nitrogen and oxygen atoms in total. The van der Waals surface area contributed by atoms with E-state index in [0.717, 1.165) is 0 Å². The Morgan fingerprint density at radius 2 is 1.96 bits per heavy atom. The van der Waals surface area contributed by atoms with Crippen LogP contribution in [0.2, 0.25) is 15.3 Å². The van der Waals surface area contributed by atoms with Crippen LogP contribution in [0.3, 0.4) is 0 Å². The third-order valence-electron chi connectivity index (χ3n) is 2.80. The fourth-order valence-corrected chi connectivity index (χ4v) is 2.62. The van der Waals surface area contributed by atoms with Gasteiger partial charge in [0.05, 0.1) is 9.50 Å². The summed E-state index contributed by atoms with van der Waals surface area (Å²) in [5.41, 5.74) is 0.541. The van der Waals surface area contributed by atoms with Crippen LogP contribution in [0.4, 0.5) is 16.0 Å². The molecule has 1 aromatic carbocycles. The number of nitrogens with one attached hydrogen (secondary N) is 1. The number of hydrogen-bond acceptors (Lipinski definition) is 4. The van der Waals surface area contributed by atoms with Gasteiger partial charge in [-0.15, -0.1) is 0 Å². The number of benzene rings is 1.